The molecule has 1 unspecified atom stereocenters. The predicted molar refractivity (Wildman–Crippen MR) is 79.3 cm³/mol. The molecule has 1 aromatic carbocycles. The van der Waals surface area contributed by atoms with Gasteiger partial charge in [0, 0.05) is 23.9 Å². The van der Waals surface area contributed by atoms with Gasteiger partial charge in [0.05, 0.1) is 6.61 Å². The molecular formula is C17H23NO. The van der Waals surface area contributed by atoms with Crippen LogP contribution in [0.3, 0.4) is 0 Å². The highest BCUT2D eigenvalue weighted by Crippen LogP contribution is 2.22. The Morgan fingerprint density at radius 3 is 2.26 bits per heavy atom. The number of benzene rings is 1. The summed E-state index contributed by atoms with van der Waals surface area (Å²) in [6, 6.07) is 13.3. The Bertz CT molecular complexity index is 525. The Hall–Kier alpha value is -1.54. The lowest BCUT2D eigenvalue weighted by Gasteiger charge is -2.19. The number of hydrogen-bond acceptors (Lipinski definition) is 1. The van der Waals surface area contributed by atoms with E-state index in [1.807, 2.05) is 6.07 Å². The van der Waals surface area contributed by atoms with Gasteiger partial charge in [0.25, 0.3) is 0 Å². The monoisotopic (exact) mass is 257 g/mol. The highest BCUT2D eigenvalue weighted by atomic mass is 16.3. The number of hydrogen-bond donors (Lipinski definition) is 1. The van der Waals surface area contributed by atoms with Gasteiger partial charge in [0.1, 0.15) is 0 Å². The van der Waals surface area contributed by atoms with E-state index in [1.165, 1.54) is 16.8 Å². The number of rotatable bonds is 5. The number of nitrogens with zero attached hydrogens (tertiary/aromatic N) is 1. The maximum absolute atomic E-state index is 9.46. The lowest BCUT2D eigenvalue weighted by Crippen LogP contribution is -2.11. The summed E-state index contributed by atoms with van der Waals surface area (Å²) >= 11 is 0. The minimum Gasteiger partial charge on any atom is -0.390 e. The third kappa shape index (κ3) is 3.07. The van der Waals surface area contributed by atoms with Crippen LogP contribution < -0.4 is 0 Å². The van der Waals surface area contributed by atoms with E-state index in [0.29, 0.717) is 6.04 Å². The molecule has 0 bridgehead atoms. The first-order valence-electron chi connectivity index (χ1n) is 7.01. The van der Waals surface area contributed by atoms with Crippen LogP contribution in [0.15, 0.2) is 36.4 Å². The van der Waals surface area contributed by atoms with Gasteiger partial charge in [-0.15, -0.1) is 0 Å². The van der Waals surface area contributed by atoms with Crippen LogP contribution in [0.5, 0.6) is 0 Å². The van der Waals surface area contributed by atoms with Crippen molar-refractivity contribution >= 4 is 0 Å². The number of aryl methyl sites for hydroxylation is 1. The summed E-state index contributed by atoms with van der Waals surface area (Å²) in [7, 11) is 0. The van der Waals surface area contributed by atoms with Gasteiger partial charge in [0.2, 0.25) is 0 Å². The van der Waals surface area contributed by atoms with Crippen molar-refractivity contribution in [3.8, 4) is 0 Å². The molecule has 2 nitrogen and oxygen atoms in total. The van der Waals surface area contributed by atoms with E-state index in [0.717, 1.165) is 18.5 Å². The fourth-order valence-corrected chi connectivity index (χ4v) is 2.47. The molecule has 0 aliphatic rings. The molecule has 2 rings (SSSR count). The predicted octanol–water partition coefficient (Wildman–Crippen LogP) is 3.85. The van der Waals surface area contributed by atoms with E-state index in [-0.39, 0.29) is 6.61 Å². The molecule has 19 heavy (non-hydrogen) atoms. The van der Waals surface area contributed by atoms with Crippen LogP contribution in [-0.2, 0) is 13.0 Å². The van der Waals surface area contributed by atoms with Gasteiger partial charge in [-0.2, -0.15) is 0 Å². The molecule has 0 aliphatic carbocycles. The van der Waals surface area contributed by atoms with Crippen molar-refractivity contribution in [3.05, 3.63) is 58.9 Å². The van der Waals surface area contributed by atoms with Crippen LogP contribution in [0, 0.1) is 6.92 Å². The Labute approximate surface area is 115 Å². The topological polar surface area (TPSA) is 25.2 Å². The van der Waals surface area contributed by atoms with E-state index >= 15 is 0 Å². The van der Waals surface area contributed by atoms with Gasteiger partial charge in [0.15, 0.2) is 0 Å². The molecule has 0 saturated carbocycles. The second kappa shape index (κ2) is 6.07. The number of aromatic nitrogens is 1. The van der Waals surface area contributed by atoms with Crippen LogP contribution in [0.4, 0.5) is 0 Å². The molecular weight excluding hydrogens is 234 g/mol. The normalized spacial score (nSPS) is 12.6. The number of aliphatic hydroxyl groups is 1. The maximum atomic E-state index is 9.46. The minimum absolute atomic E-state index is 0.109. The SMILES string of the molecule is CCC(C)n1c(CO)ccc1Cc1ccc(C)cc1. The fraction of sp³-hybridized carbons (Fsp3) is 0.412. The fourth-order valence-electron chi connectivity index (χ4n) is 2.47. The van der Waals surface area contributed by atoms with E-state index < -0.39 is 0 Å². The van der Waals surface area contributed by atoms with Crippen molar-refractivity contribution in [1.82, 2.24) is 4.57 Å². The Morgan fingerprint density at radius 1 is 1.05 bits per heavy atom. The average molecular weight is 257 g/mol. The molecule has 0 radical (unpaired) electrons. The maximum Gasteiger partial charge on any atom is 0.0833 e. The van der Waals surface area contributed by atoms with Crippen molar-refractivity contribution in [2.75, 3.05) is 0 Å². The van der Waals surface area contributed by atoms with Crippen LogP contribution in [-0.4, -0.2) is 9.67 Å². The van der Waals surface area contributed by atoms with Crippen molar-refractivity contribution in [2.24, 2.45) is 0 Å². The standard InChI is InChI=1S/C17H23NO/c1-4-14(3)18-16(9-10-17(18)12-19)11-15-7-5-13(2)6-8-15/h5-10,14,19H,4,11-12H2,1-3H3. The summed E-state index contributed by atoms with van der Waals surface area (Å²) < 4.78 is 2.28. The molecule has 0 spiro atoms. The average Bonchev–Trinajstić information content (AvgIpc) is 2.83. The Kier molecular flexibility index (Phi) is 4.43. The second-order valence-electron chi connectivity index (χ2n) is 5.26. The van der Waals surface area contributed by atoms with Crippen LogP contribution in [0.1, 0.15) is 48.8 Å². The highest BCUT2D eigenvalue weighted by molar-refractivity contribution is 5.28. The molecule has 0 fully saturated rings. The van der Waals surface area contributed by atoms with Gasteiger partial charge in [-0.25, -0.2) is 0 Å². The molecule has 2 aromatic rings. The van der Waals surface area contributed by atoms with Crippen molar-refractivity contribution < 1.29 is 5.11 Å². The third-order valence-corrected chi connectivity index (χ3v) is 3.79. The summed E-state index contributed by atoms with van der Waals surface area (Å²) in [4.78, 5) is 0. The van der Waals surface area contributed by atoms with Gasteiger partial charge in [-0.3, -0.25) is 0 Å². The summed E-state index contributed by atoms with van der Waals surface area (Å²) in [5.74, 6) is 0. The zero-order valence-corrected chi connectivity index (χ0v) is 12.1. The minimum atomic E-state index is 0.109. The van der Waals surface area contributed by atoms with Crippen LogP contribution >= 0.6 is 0 Å². The molecule has 0 amide bonds. The summed E-state index contributed by atoms with van der Waals surface area (Å²) in [6.45, 7) is 6.60. The van der Waals surface area contributed by atoms with E-state index in [2.05, 4.69) is 55.7 Å². The van der Waals surface area contributed by atoms with Crippen molar-refractivity contribution in [2.45, 2.75) is 46.3 Å². The number of aliphatic hydroxyl groups excluding tert-OH is 1. The molecule has 0 aliphatic heterocycles. The smallest absolute Gasteiger partial charge is 0.0833 e. The lowest BCUT2D eigenvalue weighted by molar-refractivity contribution is 0.265. The second-order valence-corrected chi connectivity index (χ2v) is 5.26. The zero-order chi connectivity index (χ0) is 13.8. The first-order chi connectivity index (χ1) is 9.15. The van der Waals surface area contributed by atoms with Crippen molar-refractivity contribution in [1.29, 1.82) is 0 Å². The van der Waals surface area contributed by atoms with E-state index in [4.69, 9.17) is 0 Å². The first-order valence-corrected chi connectivity index (χ1v) is 7.01. The van der Waals surface area contributed by atoms with E-state index in [1.54, 1.807) is 0 Å². The molecule has 1 aromatic heterocycles. The highest BCUT2D eigenvalue weighted by Gasteiger charge is 2.12. The van der Waals surface area contributed by atoms with Crippen LogP contribution in [0.25, 0.3) is 0 Å². The molecule has 2 heteroatoms. The van der Waals surface area contributed by atoms with Gasteiger partial charge in [-0.05, 0) is 38.0 Å². The molecule has 1 heterocycles. The lowest BCUT2D eigenvalue weighted by atomic mass is 10.1. The summed E-state index contributed by atoms with van der Waals surface area (Å²) in [5, 5.41) is 9.46. The quantitative estimate of drug-likeness (QED) is 0.864. The van der Waals surface area contributed by atoms with Gasteiger partial charge in [-0.1, -0.05) is 36.8 Å². The summed E-state index contributed by atoms with van der Waals surface area (Å²) in [6.07, 6.45) is 1.99. The van der Waals surface area contributed by atoms with Crippen molar-refractivity contribution in [3.63, 3.8) is 0 Å². The summed E-state index contributed by atoms with van der Waals surface area (Å²) in [5.41, 5.74) is 4.90. The van der Waals surface area contributed by atoms with Gasteiger partial charge < -0.3 is 9.67 Å². The zero-order valence-electron chi connectivity index (χ0n) is 12.1. The molecule has 0 saturated heterocycles. The van der Waals surface area contributed by atoms with Gasteiger partial charge >= 0.3 is 0 Å². The molecule has 1 N–H and O–H groups in total. The largest absolute Gasteiger partial charge is 0.390 e. The molecule has 1 atom stereocenters. The Balaban J connectivity index is 2.29. The van der Waals surface area contributed by atoms with E-state index in [9.17, 15) is 5.11 Å². The van der Waals surface area contributed by atoms with Crippen LogP contribution in [0.2, 0.25) is 0 Å². The molecule has 102 valence electrons. The third-order valence-electron chi connectivity index (χ3n) is 3.79. The first kappa shape index (κ1) is 13.9. The Morgan fingerprint density at radius 2 is 1.68 bits per heavy atom.